The van der Waals surface area contributed by atoms with E-state index in [-0.39, 0.29) is 0 Å². The van der Waals surface area contributed by atoms with Crippen LogP contribution in [-0.2, 0) is 0 Å². The smallest absolute Gasteiger partial charge is 0.0649 e. The Morgan fingerprint density at radius 1 is 1.60 bits per heavy atom. The van der Waals surface area contributed by atoms with Crippen LogP contribution in [0.25, 0.3) is 0 Å². The Kier molecular flexibility index (Phi) is 3.59. The van der Waals surface area contributed by atoms with Crippen LogP contribution in [0.4, 0.5) is 5.69 Å². The summed E-state index contributed by atoms with van der Waals surface area (Å²) in [6, 6.07) is 6.97. The first-order chi connectivity index (χ1) is 7.24. The number of nitrogens with one attached hydrogen (secondary N) is 1. The quantitative estimate of drug-likeness (QED) is 0.900. The lowest BCUT2D eigenvalue weighted by Crippen LogP contribution is -2.43. The Hall–Kier alpha value is -0.190. The summed E-state index contributed by atoms with van der Waals surface area (Å²) in [5, 5.41) is 3.25. The minimum absolute atomic E-state index is 0.575. The molecule has 1 unspecified atom stereocenters. The summed E-state index contributed by atoms with van der Waals surface area (Å²) in [5.74, 6) is 1.15. The van der Waals surface area contributed by atoms with Gasteiger partial charge in [-0.3, -0.25) is 0 Å². The summed E-state index contributed by atoms with van der Waals surface area (Å²) in [6.07, 6.45) is 0. The molecule has 1 atom stereocenters. The van der Waals surface area contributed by atoms with E-state index in [0.29, 0.717) is 6.04 Å². The Balaban J connectivity index is 2.32. The maximum atomic E-state index is 3.63. The average Bonchev–Trinajstić information content (AvgIpc) is 2.22. The molecular formula is C11H15BrN2S. The number of rotatable bonds is 2. The molecule has 1 N–H and O–H groups in total. The van der Waals surface area contributed by atoms with Crippen molar-refractivity contribution >= 4 is 33.4 Å². The van der Waals surface area contributed by atoms with Gasteiger partial charge in [-0.1, -0.05) is 6.07 Å². The van der Waals surface area contributed by atoms with Gasteiger partial charge in [-0.05, 0) is 35.1 Å². The second-order valence-corrected chi connectivity index (χ2v) is 5.64. The van der Waals surface area contributed by atoms with Gasteiger partial charge >= 0.3 is 0 Å². The topological polar surface area (TPSA) is 15.3 Å². The molecule has 1 heterocycles. The number of fused-ring (bicyclic) bond motifs is 1. The SMILES string of the molecule is CNCC1CSc2cccc(Br)c2N1C. The minimum atomic E-state index is 0.575. The largest absolute Gasteiger partial charge is 0.368 e. The number of nitrogens with zero attached hydrogens (tertiary/aromatic N) is 1. The van der Waals surface area contributed by atoms with E-state index in [4.69, 9.17) is 0 Å². The third kappa shape index (κ3) is 2.17. The van der Waals surface area contributed by atoms with Gasteiger partial charge in [0.15, 0.2) is 0 Å². The molecule has 0 bridgehead atoms. The summed E-state index contributed by atoms with van der Waals surface area (Å²) >= 11 is 5.57. The van der Waals surface area contributed by atoms with Gasteiger partial charge in [-0.25, -0.2) is 0 Å². The van der Waals surface area contributed by atoms with Gasteiger partial charge in [-0.2, -0.15) is 0 Å². The summed E-state index contributed by atoms with van der Waals surface area (Å²) in [6.45, 7) is 1.03. The maximum Gasteiger partial charge on any atom is 0.0649 e. The van der Waals surface area contributed by atoms with Crippen LogP contribution >= 0.6 is 27.7 Å². The third-order valence-corrected chi connectivity index (χ3v) is 4.55. The molecule has 0 saturated heterocycles. The number of benzene rings is 1. The molecule has 1 aliphatic rings. The van der Waals surface area contributed by atoms with Gasteiger partial charge in [0.1, 0.15) is 0 Å². The van der Waals surface area contributed by atoms with Crippen molar-refractivity contribution in [2.45, 2.75) is 10.9 Å². The average molecular weight is 287 g/mol. The third-order valence-electron chi connectivity index (χ3n) is 2.72. The fraction of sp³-hybridized carbons (Fsp3) is 0.455. The summed E-state index contributed by atoms with van der Waals surface area (Å²) in [5.41, 5.74) is 1.33. The predicted octanol–water partition coefficient (Wildman–Crippen LogP) is 2.58. The van der Waals surface area contributed by atoms with E-state index >= 15 is 0 Å². The van der Waals surface area contributed by atoms with Crippen LogP contribution in [0.3, 0.4) is 0 Å². The van der Waals surface area contributed by atoms with Crippen molar-refractivity contribution in [2.75, 3.05) is 31.3 Å². The molecule has 0 amide bonds. The first-order valence-corrected chi connectivity index (χ1v) is 6.80. The Bertz CT molecular complexity index is 356. The van der Waals surface area contributed by atoms with Gasteiger partial charge < -0.3 is 10.2 Å². The molecule has 1 aromatic carbocycles. The van der Waals surface area contributed by atoms with Crippen LogP contribution < -0.4 is 10.2 Å². The zero-order chi connectivity index (χ0) is 10.8. The minimum Gasteiger partial charge on any atom is -0.368 e. The number of thioether (sulfide) groups is 1. The second kappa shape index (κ2) is 4.76. The molecule has 0 aliphatic carbocycles. The molecule has 15 heavy (non-hydrogen) atoms. The summed E-state index contributed by atoms with van der Waals surface area (Å²) in [7, 11) is 4.18. The first-order valence-electron chi connectivity index (χ1n) is 5.02. The van der Waals surface area contributed by atoms with Crippen molar-refractivity contribution in [1.29, 1.82) is 0 Å². The van der Waals surface area contributed by atoms with Crippen LogP contribution in [0.2, 0.25) is 0 Å². The lowest BCUT2D eigenvalue weighted by atomic mass is 10.2. The molecule has 0 fully saturated rings. The molecule has 1 aromatic rings. The molecule has 4 heteroatoms. The molecule has 0 aromatic heterocycles. The monoisotopic (exact) mass is 286 g/mol. The highest BCUT2D eigenvalue weighted by Gasteiger charge is 2.24. The van der Waals surface area contributed by atoms with E-state index in [1.54, 1.807) is 0 Å². The molecule has 2 nitrogen and oxygen atoms in total. The second-order valence-electron chi connectivity index (χ2n) is 3.72. The van der Waals surface area contributed by atoms with Crippen molar-refractivity contribution < 1.29 is 0 Å². The number of anilines is 1. The Labute approximate surface area is 104 Å². The summed E-state index contributed by atoms with van der Waals surface area (Å²) < 4.78 is 1.19. The molecule has 1 aliphatic heterocycles. The van der Waals surface area contributed by atoms with Crippen molar-refractivity contribution in [3.05, 3.63) is 22.7 Å². The highest BCUT2D eigenvalue weighted by molar-refractivity contribution is 9.10. The number of hydrogen-bond donors (Lipinski definition) is 1. The van der Waals surface area contributed by atoms with Crippen molar-refractivity contribution in [2.24, 2.45) is 0 Å². The van der Waals surface area contributed by atoms with E-state index in [9.17, 15) is 0 Å². The van der Waals surface area contributed by atoms with Gasteiger partial charge in [0.2, 0.25) is 0 Å². The molecule has 0 spiro atoms. The maximum absolute atomic E-state index is 3.63. The van der Waals surface area contributed by atoms with Crippen LogP contribution in [-0.4, -0.2) is 32.4 Å². The van der Waals surface area contributed by atoms with Crippen molar-refractivity contribution in [1.82, 2.24) is 5.32 Å². The van der Waals surface area contributed by atoms with E-state index in [1.165, 1.54) is 15.1 Å². The number of hydrogen-bond acceptors (Lipinski definition) is 3. The van der Waals surface area contributed by atoms with Gasteiger partial charge in [0, 0.05) is 28.7 Å². The molecule has 82 valence electrons. The lowest BCUT2D eigenvalue weighted by Gasteiger charge is -2.36. The zero-order valence-electron chi connectivity index (χ0n) is 8.96. The van der Waals surface area contributed by atoms with E-state index in [0.717, 1.165) is 12.3 Å². The highest BCUT2D eigenvalue weighted by Crippen LogP contribution is 2.41. The highest BCUT2D eigenvalue weighted by atomic mass is 79.9. The molecule has 0 radical (unpaired) electrons. The molecule has 2 rings (SSSR count). The van der Waals surface area contributed by atoms with E-state index in [2.05, 4.69) is 51.4 Å². The van der Waals surface area contributed by atoms with E-state index < -0.39 is 0 Å². The number of likely N-dealkylation sites (N-methyl/N-ethyl adjacent to an activating group) is 2. The van der Waals surface area contributed by atoms with E-state index in [1.807, 2.05) is 18.8 Å². The number of para-hydroxylation sites is 1. The van der Waals surface area contributed by atoms with Gasteiger partial charge in [-0.15, -0.1) is 11.8 Å². The standard InChI is InChI=1S/C11H15BrN2S/c1-13-6-8-7-15-10-5-3-4-9(12)11(10)14(8)2/h3-5,8,13H,6-7H2,1-2H3. The zero-order valence-corrected chi connectivity index (χ0v) is 11.4. The first kappa shape index (κ1) is 11.3. The van der Waals surface area contributed by atoms with Crippen LogP contribution in [0.15, 0.2) is 27.6 Å². The Morgan fingerprint density at radius 2 is 2.40 bits per heavy atom. The predicted molar refractivity (Wildman–Crippen MR) is 71.0 cm³/mol. The van der Waals surface area contributed by atoms with Crippen molar-refractivity contribution in [3.63, 3.8) is 0 Å². The fourth-order valence-electron chi connectivity index (χ4n) is 1.87. The van der Waals surface area contributed by atoms with Gasteiger partial charge in [0.05, 0.1) is 11.7 Å². The fourth-order valence-corrected chi connectivity index (χ4v) is 3.92. The Morgan fingerprint density at radius 3 is 3.13 bits per heavy atom. The van der Waals surface area contributed by atoms with Crippen LogP contribution in [0.5, 0.6) is 0 Å². The van der Waals surface area contributed by atoms with Gasteiger partial charge in [0.25, 0.3) is 0 Å². The van der Waals surface area contributed by atoms with Crippen LogP contribution in [0, 0.1) is 0 Å². The molecular weight excluding hydrogens is 272 g/mol. The number of halogens is 1. The lowest BCUT2D eigenvalue weighted by molar-refractivity contribution is 0.628. The van der Waals surface area contributed by atoms with Crippen LogP contribution in [0.1, 0.15) is 0 Å². The van der Waals surface area contributed by atoms with Crippen molar-refractivity contribution in [3.8, 4) is 0 Å². The normalized spacial score (nSPS) is 20.2. The molecule has 0 saturated carbocycles. The summed E-state index contributed by atoms with van der Waals surface area (Å²) in [4.78, 5) is 3.74.